The van der Waals surface area contributed by atoms with Crippen LogP contribution in [0.5, 0.6) is 0 Å². The van der Waals surface area contributed by atoms with E-state index in [2.05, 4.69) is 4.98 Å². The number of aromatic nitrogens is 2. The summed E-state index contributed by atoms with van der Waals surface area (Å²) in [6.07, 6.45) is 1.26. The summed E-state index contributed by atoms with van der Waals surface area (Å²) >= 11 is 0. The zero-order chi connectivity index (χ0) is 18.6. The van der Waals surface area contributed by atoms with Gasteiger partial charge < -0.3 is 15.7 Å². The lowest BCUT2D eigenvalue weighted by Gasteiger charge is -2.22. The Kier molecular flexibility index (Phi) is 5.38. The highest BCUT2D eigenvalue weighted by atomic mass is 16.4. The van der Waals surface area contributed by atoms with Crippen molar-refractivity contribution in [2.24, 2.45) is 0 Å². The van der Waals surface area contributed by atoms with Crippen molar-refractivity contribution in [3.05, 3.63) is 62.4 Å². The number of hydrogen-bond donors (Lipinski definition) is 3. The highest BCUT2D eigenvalue weighted by Gasteiger charge is 2.19. The van der Waals surface area contributed by atoms with E-state index in [1.807, 2.05) is 0 Å². The third-order valence-corrected chi connectivity index (χ3v) is 3.59. The van der Waals surface area contributed by atoms with Crippen LogP contribution in [0.15, 0.2) is 40.1 Å². The molecule has 25 heavy (non-hydrogen) atoms. The van der Waals surface area contributed by atoms with Crippen molar-refractivity contribution in [1.82, 2.24) is 14.5 Å². The molecule has 1 aromatic carbocycles. The number of aliphatic carboxylic acids is 1. The second-order valence-corrected chi connectivity index (χ2v) is 5.54. The van der Waals surface area contributed by atoms with Crippen molar-refractivity contribution in [2.45, 2.75) is 20.0 Å². The normalized spacial score (nSPS) is 10.4. The molecule has 0 fully saturated rings. The van der Waals surface area contributed by atoms with E-state index in [1.54, 1.807) is 24.3 Å². The summed E-state index contributed by atoms with van der Waals surface area (Å²) in [6.45, 7) is 0.564. The maximum Gasteiger partial charge on any atom is 0.328 e. The number of carbonyl (C=O) groups is 2. The summed E-state index contributed by atoms with van der Waals surface area (Å²) in [6, 6.07) is 6.79. The molecule has 1 amide bonds. The zero-order valence-corrected chi connectivity index (χ0v) is 13.6. The molecule has 0 aliphatic heterocycles. The Labute approximate surface area is 142 Å². The van der Waals surface area contributed by atoms with Gasteiger partial charge in [-0.2, -0.15) is 0 Å². The Morgan fingerprint density at radius 3 is 2.60 bits per heavy atom. The number of benzene rings is 1. The largest absolute Gasteiger partial charge is 0.480 e. The van der Waals surface area contributed by atoms with Crippen LogP contribution in [0.25, 0.3) is 0 Å². The molecule has 0 saturated heterocycles. The van der Waals surface area contributed by atoms with Crippen molar-refractivity contribution >= 4 is 17.6 Å². The predicted octanol–water partition coefficient (Wildman–Crippen LogP) is -0.459. The molecule has 0 unspecified atom stereocenters. The number of rotatable bonds is 6. The van der Waals surface area contributed by atoms with Crippen LogP contribution in [0.4, 0.5) is 5.69 Å². The fourth-order valence-electron chi connectivity index (χ4n) is 2.26. The van der Waals surface area contributed by atoms with Gasteiger partial charge in [0.2, 0.25) is 5.91 Å². The molecular weight excluding hydrogens is 328 g/mol. The Morgan fingerprint density at radius 2 is 1.96 bits per heavy atom. The number of nitrogens with one attached hydrogen (secondary N) is 1. The predicted molar refractivity (Wildman–Crippen MR) is 90.0 cm³/mol. The minimum Gasteiger partial charge on any atom is -0.480 e. The highest BCUT2D eigenvalue weighted by molar-refractivity contribution is 5.81. The van der Waals surface area contributed by atoms with Crippen LogP contribution < -0.4 is 17.0 Å². The fourth-order valence-corrected chi connectivity index (χ4v) is 2.26. The quantitative estimate of drug-likeness (QED) is 0.605. The van der Waals surface area contributed by atoms with Crippen molar-refractivity contribution in [1.29, 1.82) is 0 Å². The van der Waals surface area contributed by atoms with Gasteiger partial charge >= 0.3 is 11.7 Å². The molecule has 2 aromatic rings. The van der Waals surface area contributed by atoms with Crippen LogP contribution in [0.3, 0.4) is 0 Å². The lowest BCUT2D eigenvalue weighted by atomic mass is 10.1. The number of carboxylic acids is 1. The van der Waals surface area contributed by atoms with E-state index >= 15 is 0 Å². The molecule has 0 spiro atoms. The number of aromatic amines is 1. The summed E-state index contributed by atoms with van der Waals surface area (Å²) in [5, 5.41) is 9.04. The first kappa shape index (κ1) is 18.0. The number of H-pyrrole nitrogens is 1. The highest BCUT2D eigenvalue weighted by Crippen LogP contribution is 2.13. The zero-order valence-electron chi connectivity index (χ0n) is 13.6. The SMILES string of the molecule is Cc1cn(CC(=O)N(CC(=O)O)Cc2ccccc2N)c(=O)[nH]c1=O. The number of carboxylic acid groups (broad SMARTS) is 1. The molecular formula is C16H18N4O5. The van der Waals surface area contributed by atoms with Gasteiger partial charge in [0, 0.05) is 24.0 Å². The second-order valence-electron chi connectivity index (χ2n) is 5.54. The van der Waals surface area contributed by atoms with Gasteiger partial charge in [0.15, 0.2) is 0 Å². The molecule has 9 nitrogen and oxygen atoms in total. The maximum absolute atomic E-state index is 12.5. The van der Waals surface area contributed by atoms with Gasteiger partial charge in [0.1, 0.15) is 13.1 Å². The fraction of sp³-hybridized carbons (Fsp3) is 0.250. The van der Waals surface area contributed by atoms with E-state index in [4.69, 9.17) is 10.8 Å². The lowest BCUT2D eigenvalue weighted by Crippen LogP contribution is -2.40. The molecule has 1 aromatic heterocycles. The van der Waals surface area contributed by atoms with Gasteiger partial charge in [-0.05, 0) is 18.6 Å². The Balaban J connectivity index is 2.26. The van der Waals surface area contributed by atoms with Crippen LogP contribution in [0.1, 0.15) is 11.1 Å². The van der Waals surface area contributed by atoms with Crippen LogP contribution in [0.2, 0.25) is 0 Å². The number of nitrogens with two attached hydrogens (primary N) is 1. The van der Waals surface area contributed by atoms with Gasteiger partial charge in [0.05, 0.1) is 0 Å². The average molecular weight is 346 g/mol. The number of nitrogens with zero attached hydrogens (tertiary/aromatic N) is 2. The molecule has 0 radical (unpaired) electrons. The number of aryl methyl sites for hydroxylation is 1. The molecule has 0 saturated carbocycles. The Morgan fingerprint density at radius 1 is 1.28 bits per heavy atom. The standard InChI is InChI=1S/C16H18N4O5/c1-10-6-20(16(25)18-15(10)24)8-13(21)19(9-14(22)23)7-11-4-2-3-5-12(11)17/h2-6H,7-9,17H2,1H3,(H,22,23)(H,18,24,25). The van der Waals surface area contributed by atoms with E-state index in [9.17, 15) is 19.2 Å². The van der Waals surface area contributed by atoms with Crippen LogP contribution >= 0.6 is 0 Å². The molecule has 0 atom stereocenters. The van der Waals surface area contributed by atoms with Gasteiger partial charge in [-0.15, -0.1) is 0 Å². The van der Waals surface area contributed by atoms with Crippen molar-refractivity contribution in [2.75, 3.05) is 12.3 Å². The number of hydrogen-bond acceptors (Lipinski definition) is 5. The molecule has 2 rings (SSSR count). The van der Waals surface area contributed by atoms with Crippen LogP contribution in [0, 0.1) is 6.92 Å². The number of carbonyl (C=O) groups excluding carboxylic acids is 1. The molecule has 4 N–H and O–H groups in total. The Bertz CT molecular complexity index is 915. The lowest BCUT2D eigenvalue weighted by molar-refractivity contribution is -0.145. The van der Waals surface area contributed by atoms with Gasteiger partial charge in [-0.1, -0.05) is 18.2 Å². The van der Waals surface area contributed by atoms with E-state index in [0.717, 1.165) is 9.47 Å². The monoisotopic (exact) mass is 346 g/mol. The number of nitrogen functional groups attached to an aromatic ring is 1. The van der Waals surface area contributed by atoms with Gasteiger partial charge in [-0.25, -0.2) is 4.79 Å². The topological polar surface area (TPSA) is 138 Å². The van der Waals surface area contributed by atoms with E-state index in [-0.39, 0.29) is 12.1 Å². The summed E-state index contributed by atoms with van der Waals surface area (Å²) in [5.41, 5.74) is 5.86. The third kappa shape index (κ3) is 4.56. The summed E-state index contributed by atoms with van der Waals surface area (Å²) in [5.74, 6) is -1.77. The van der Waals surface area contributed by atoms with Crippen molar-refractivity contribution < 1.29 is 14.7 Å². The average Bonchev–Trinajstić information content (AvgIpc) is 2.53. The van der Waals surface area contributed by atoms with Crippen molar-refractivity contribution in [3.63, 3.8) is 0 Å². The van der Waals surface area contributed by atoms with E-state index < -0.39 is 36.2 Å². The molecule has 132 valence electrons. The Hall–Kier alpha value is -3.36. The smallest absolute Gasteiger partial charge is 0.328 e. The number of anilines is 1. The van der Waals surface area contributed by atoms with Crippen molar-refractivity contribution in [3.8, 4) is 0 Å². The first-order valence-corrected chi connectivity index (χ1v) is 7.41. The summed E-state index contributed by atoms with van der Waals surface area (Å²) < 4.78 is 1.03. The summed E-state index contributed by atoms with van der Waals surface area (Å²) in [4.78, 5) is 49.9. The molecule has 0 aliphatic rings. The van der Waals surface area contributed by atoms with E-state index in [0.29, 0.717) is 11.3 Å². The molecule has 0 aliphatic carbocycles. The number of para-hydroxylation sites is 1. The molecule has 1 heterocycles. The number of amides is 1. The minimum atomic E-state index is -1.19. The first-order chi connectivity index (χ1) is 11.8. The van der Waals surface area contributed by atoms with Gasteiger partial charge in [-0.3, -0.25) is 23.9 Å². The summed E-state index contributed by atoms with van der Waals surface area (Å²) in [7, 11) is 0. The van der Waals surface area contributed by atoms with Crippen LogP contribution in [-0.4, -0.2) is 38.0 Å². The van der Waals surface area contributed by atoms with Crippen LogP contribution in [-0.2, 0) is 22.7 Å². The van der Waals surface area contributed by atoms with Gasteiger partial charge in [0.25, 0.3) is 5.56 Å². The van der Waals surface area contributed by atoms with E-state index in [1.165, 1.54) is 13.1 Å². The molecule has 9 heteroatoms. The second kappa shape index (κ2) is 7.47. The molecule has 0 bridgehead atoms. The third-order valence-electron chi connectivity index (χ3n) is 3.59. The minimum absolute atomic E-state index is 0.00507. The maximum atomic E-state index is 12.5. The first-order valence-electron chi connectivity index (χ1n) is 7.41.